The van der Waals surface area contributed by atoms with E-state index in [1.54, 1.807) is 6.07 Å². The molecule has 0 spiro atoms. The molecule has 7 heteroatoms. The SMILES string of the molecule is CCCC(=O)NCc1nc2ccc([N+](=O)[O-])cc2[nH]1. The van der Waals surface area contributed by atoms with Crippen molar-refractivity contribution in [1.82, 2.24) is 15.3 Å². The number of hydrogen-bond acceptors (Lipinski definition) is 4. The number of hydrogen-bond donors (Lipinski definition) is 2. The molecule has 2 rings (SSSR count). The van der Waals surface area contributed by atoms with Crippen molar-refractivity contribution in [3.63, 3.8) is 0 Å². The van der Waals surface area contributed by atoms with Crippen molar-refractivity contribution < 1.29 is 9.72 Å². The second-order valence-electron chi connectivity index (χ2n) is 4.17. The van der Waals surface area contributed by atoms with Crippen LogP contribution in [-0.4, -0.2) is 20.8 Å². The number of rotatable bonds is 5. The smallest absolute Gasteiger partial charge is 0.271 e. The van der Waals surface area contributed by atoms with Crippen LogP contribution in [0.3, 0.4) is 0 Å². The molecule has 0 bridgehead atoms. The fraction of sp³-hybridized carbons (Fsp3) is 0.333. The second-order valence-corrected chi connectivity index (χ2v) is 4.17. The molecule has 0 saturated heterocycles. The minimum Gasteiger partial charge on any atom is -0.349 e. The molecule has 19 heavy (non-hydrogen) atoms. The Balaban J connectivity index is 2.13. The van der Waals surface area contributed by atoms with E-state index in [2.05, 4.69) is 15.3 Å². The molecule has 0 fully saturated rings. The van der Waals surface area contributed by atoms with E-state index in [-0.39, 0.29) is 11.6 Å². The molecule has 100 valence electrons. The van der Waals surface area contributed by atoms with Gasteiger partial charge < -0.3 is 10.3 Å². The highest BCUT2D eigenvalue weighted by Gasteiger charge is 2.10. The Labute approximate surface area is 109 Å². The number of amides is 1. The number of H-pyrrole nitrogens is 1. The minimum absolute atomic E-state index is 0.0118. The summed E-state index contributed by atoms with van der Waals surface area (Å²) in [4.78, 5) is 28.7. The number of nitro groups is 1. The number of imidazole rings is 1. The average Bonchev–Trinajstić information content (AvgIpc) is 2.78. The summed E-state index contributed by atoms with van der Waals surface area (Å²) < 4.78 is 0. The van der Waals surface area contributed by atoms with Crippen molar-refractivity contribution >= 4 is 22.6 Å². The van der Waals surface area contributed by atoms with Crippen LogP contribution < -0.4 is 5.32 Å². The molecule has 1 heterocycles. The van der Waals surface area contributed by atoms with Crippen molar-refractivity contribution in [2.75, 3.05) is 0 Å². The number of non-ortho nitro benzene ring substituents is 1. The predicted molar refractivity (Wildman–Crippen MR) is 69.5 cm³/mol. The van der Waals surface area contributed by atoms with Crippen LogP contribution in [0.4, 0.5) is 5.69 Å². The number of fused-ring (bicyclic) bond motifs is 1. The van der Waals surface area contributed by atoms with Gasteiger partial charge >= 0.3 is 0 Å². The molecule has 0 aliphatic carbocycles. The van der Waals surface area contributed by atoms with Crippen LogP contribution in [-0.2, 0) is 11.3 Å². The van der Waals surface area contributed by atoms with Gasteiger partial charge in [-0.2, -0.15) is 0 Å². The maximum Gasteiger partial charge on any atom is 0.271 e. The van der Waals surface area contributed by atoms with Gasteiger partial charge in [-0.15, -0.1) is 0 Å². The van der Waals surface area contributed by atoms with Crippen molar-refractivity contribution in [1.29, 1.82) is 0 Å². The standard InChI is InChI=1S/C12H14N4O3/c1-2-3-12(17)13-7-11-14-9-5-4-8(16(18)19)6-10(9)15-11/h4-6H,2-3,7H2,1H3,(H,13,17)(H,14,15). The van der Waals surface area contributed by atoms with Crippen LogP contribution in [0.2, 0.25) is 0 Å². The zero-order valence-electron chi connectivity index (χ0n) is 10.5. The van der Waals surface area contributed by atoms with E-state index in [9.17, 15) is 14.9 Å². The molecule has 0 unspecified atom stereocenters. The topological polar surface area (TPSA) is 101 Å². The molecule has 0 atom stereocenters. The van der Waals surface area contributed by atoms with Gasteiger partial charge in [-0.3, -0.25) is 14.9 Å². The Morgan fingerprint density at radius 2 is 2.32 bits per heavy atom. The fourth-order valence-corrected chi connectivity index (χ4v) is 1.75. The third kappa shape index (κ3) is 3.06. The summed E-state index contributed by atoms with van der Waals surface area (Å²) in [6.45, 7) is 2.22. The molecule has 0 aliphatic rings. The first kappa shape index (κ1) is 13.0. The molecule has 0 radical (unpaired) electrons. The number of aromatic amines is 1. The van der Waals surface area contributed by atoms with Gasteiger partial charge in [0.2, 0.25) is 5.91 Å². The summed E-state index contributed by atoms with van der Waals surface area (Å²) in [5.74, 6) is 0.550. The van der Waals surface area contributed by atoms with E-state index < -0.39 is 4.92 Å². The zero-order valence-corrected chi connectivity index (χ0v) is 10.5. The average molecular weight is 262 g/mol. The molecular formula is C12H14N4O3. The number of carbonyl (C=O) groups excluding carboxylic acids is 1. The van der Waals surface area contributed by atoms with Crippen LogP contribution in [0.5, 0.6) is 0 Å². The van der Waals surface area contributed by atoms with Gasteiger partial charge in [-0.05, 0) is 12.5 Å². The lowest BCUT2D eigenvalue weighted by Crippen LogP contribution is -2.22. The van der Waals surface area contributed by atoms with E-state index in [0.717, 1.165) is 6.42 Å². The first-order chi connectivity index (χ1) is 9.10. The fourth-order valence-electron chi connectivity index (χ4n) is 1.75. The van der Waals surface area contributed by atoms with Crippen LogP contribution in [0.25, 0.3) is 11.0 Å². The Bertz CT molecular complexity index is 620. The van der Waals surface area contributed by atoms with Crippen molar-refractivity contribution in [3.05, 3.63) is 34.1 Å². The number of carbonyl (C=O) groups is 1. The van der Waals surface area contributed by atoms with Crippen molar-refractivity contribution in [2.24, 2.45) is 0 Å². The number of benzene rings is 1. The first-order valence-electron chi connectivity index (χ1n) is 6.00. The van der Waals surface area contributed by atoms with Gasteiger partial charge in [0, 0.05) is 18.6 Å². The highest BCUT2D eigenvalue weighted by molar-refractivity contribution is 5.78. The lowest BCUT2D eigenvalue weighted by molar-refractivity contribution is -0.384. The quantitative estimate of drug-likeness (QED) is 0.634. The summed E-state index contributed by atoms with van der Waals surface area (Å²) in [6, 6.07) is 4.42. The monoisotopic (exact) mass is 262 g/mol. The van der Waals surface area contributed by atoms with Gasteiger partial charge in [-0.1, -0.05) is 6.92 Å². The molecular weight excluding hydrogens is 248 g/mol. The maximum absolute atomic E-state index is 11.3. The number of nitrogens with zero attached hydrogens (tertiary/aromatic N) is 2. The van der Waals surface area contributed by atoms with Gasteiger partial charge in [-0.25, -0.2) is 4.98 Å². The highest BCUT2D eigenvalue weighted by atomic mass is 16.6. The first-order valence-corrected chi connectivity index (χ1v) is 6.00. The predicted octanol–water partition coefficient (Wildman–Crippen LogP) is 1.89. The number of aromatic nitrogens is 2. The van der Waals surface area contributed by atoms with Crippen LogP contribution >= 0.6 is 0 Å². The summed E-state index contributed by atoms with van der Waals surface area (Å²) in [7, 11) is 0. The summed E-state index contributed by atoms with van der Waals surface area (Å²) in [5, 5.41) is 13.4. The van der Waals surface area contributed by atoms with Gasteiger partial charge in [0.25, 0.3) is 5.69 Å². The van der Waals surface area contributed by atoms with Crippen LogP contribution in [0.1, 0.15) is 25.6 Å². The van der Waals surface area contributed by atoms with Crippen molar-refractivity contribution in [3.8, 4) is 0 Å². The largest absolute Gasteiger partial charge is 0.349 e. The molecule has 0 saturated carbocycles. The second kappa shape index (κ2) is 5.47. The molecule has 7 nitrogen and oxygen atoms in total. The minimum atomic E-state index is -0.455. The zero-order chi connectivity index (χ0) is 13.8. The third-order valence-electron chi connectivity index (χ3n) is 2.66. The normalized spacial score (nSPS) is 10.6. The van der Waals surface area contributed by atoms with E-state index in [4.69, 9.17) is 0 Å². The molecule has 2 N–H and O–H groups in total. The Morgan fingerprint density at radius 1 is 1.53 bits per heavy atom. The lowest BCUT2D eigenvalue weighted by Gasteiger charge is -2.00. The number of nitro benzene ring substituents is 1. The van der Waals surface area contributed by atoms with Crippen LogP contribution in [0, 0.1) is 10.1 Å². The van der Waals surface area contributed by atoms with Crippen molar-refractivity contribution in [2.45, 2.75) is 26.3 Å². The maximum atomic E-state index is 11.3. The van der Waals surface area contributed by atoms with Gasteiger partial charge in [0.15, 0.2) is 0 Å². The van der Waals surface area contributed by atoms with Gasteiger partial charge in [0.1, 0.15) is 5.82 Å². The Kier molecular flexibility index (Phi) is 3.74. The summed E-state index contributed by atoms with van der Waals surface area (Å²) in [6.07, 6.45) is 1.27. The van der Waals surface area contributed by atoms with Crippen LogP contribution in [0.15, 0.2) is 18.2 Å². The molecule has 2 aromatic rings. The molecule has 1 amide bonds. The summed E-state index contributed by atoms with van der Waals surface area (Å²) in [5.41, 5.74) is 1.25. The molecule has 1 aromatic heterocycles. The third-order valence-corrected chi connectivity index (χ3v) is 2.66. The Hall–Kier alpha value is -2.44. The summed E-state index contributed by atoms with van der Waals surface area (Å²) >= 11 is 0. The van der Waals surface area contributed by atoms with E-state index in [1.807, 2.05) is 6.92 Å². The molecule has 1 aromatic carbocycles. The van der Waals surface area contributed by atoms with E-state index in [0.29, 0.717) is 29.8 Å². The van der Waals surface area contributed by atoms with Gasteiger partial charge in [0.05, 0.1) is 22.5 Å². The van der Waals surface area contributed by atoms with E-state index >= 15 is 0 Å². The van der Waals surface area contributed by atoms with E-state index in [1.165, 1.54) is 12.1 Å². The lowest BCUT2D eigenvalue weighted by atomic mass is 10.3. The molecule has 0 aliphatic heterocycles. The highest BCUT2D eigenvalue weighted by Crippen LogP contribution is 2.18. The Morgan fingerprint density at radius 3 is 3.00 bits per heavy atom. The number of nitrogens with one attached hydrogen (secondary N) is 2.